The number of fused-ring (bicyclic) bond motifs is 1. The number of thiazole rings is 1. The number of amides is 1. The van der Waals surface area contributed by atoms with Crippen LogP contribution in [0.15, 0.2) is 60.7 Å². The highest BCUT2D eigenvalue weighted by Crippen LogP contribution is 2.35. The van der Waals surface area contributed by atoms with Gasteiger partial charge in [0.1, 0.15) is 10.8 Å². The summed E-state index contributed by atoms with van der Waals surface area (Å²) in [7, 11) is 1.52. The minimum atomic E-state index is -0.367. The molecule has 3 aromatic carbocycles. The monoisotopic (exact) mass is 579 g/mol. The molecular formula is C22H15ClIN3O2S2. The summed E-state index contributed by atoms with van der Waals surface area (Å²) >= 11 is 15.4. The molecule has 0 aliphatic carbocycles. The molecule has 0 saturated heterocycles. The second-order valence-corrected chi connectivity index (χ2v) is 9.53. The topological polar surface area (TPSA) is 63.2 Å². The van der Waals surface area contributed by atoms with Crippen molar-refractivity contribution in [2.24, 2.45) is 0 Å². The number of nitrogens with one attached hydrogen (secondary N) is 2. The molecule has 1 heterocycles. The number of para-hydroxylation sites is 1. The van der Waals surface area contributed by atoms with Gasteiger partial charge in [-0.05, 0) is 83.3 Å². The van der Waals surface area contributed by atoms with Gasteiger partial charge in [-0.3, -0.25) is 10.1 Å². The molecular weight excluding hydrogens is 565 g/mol. The Morgan fingerprint density at radius 3 is 2.71 bits per heavy atom. The number of ether oxygens (including phenoxy) is 1. The van der Waals surface area contributed by atoms with Crippen LogP contribution in [0, 0.1) is 3.57 Å². The van der Waals surface area contributed by atoms with Crippen LogP contribution >= 0.6 is 57.7 Å². The Labute approximate surface area is 206 Å². The molecule has 0 radical (unpaired) electrons. The maximum absolute atomic E-state index is 12.6. The van der Waals surface area contributed by atoms with E-state index >= 15 is 0 Å². The predicted molar refractivity (Wildman–Crippen MR) is 139 cm³/mol. The molecule has 4 rings (SSSR count). The Morgan fingerprint density at radius 2 is 1.97 bits per heavy atom. The summed E-state index contributed by atoms with van der Waals surface area (Å²) in [6.07, 6.45) is 0. The van der Waals surface area contributed by atoms with Crippen molar-refractivity contribution in [2.45, 2.75) is 0 Å². The second-order valence-electron chi connectivity index (χ2n) is 6.43. The smallest absolute Gasteiger partial charge is 0.257 e. The van der Waals surface area contributed by atoms with Gasteiger partial charge in [0.2, 0.25) is 0 Å². The van der Waals surface area contributed by atoms with Gasteiger partial charge in [0.25, 0.3) is 5.91 Å². The average molecular weight is 580 g/mol. The molecule has 0 spiro atoms. The maximum atomic E-state index is 12.6. The van der Waals surface area contributed by atoms with E-state index in [1.165, 1.54) is 13.2 Å². The summed E-state index contributed by atoms with van der Waals surface area (Å²) in [4.78, 5) is 17.3. The van der Waals surface area contributed by atoms with Crippen molar-refractivity contribution in [2.75, 3.05) is 12.4 Å². The predicted octanol–water partition coefficient (Wildman–Crippen LogP) is 6.36. The van der Waals surface area contributed by atoms with Crippen molar-refractivity contribution >= 4 is 84.7 Å². The fourth-order valence-corrected chi connectivity index (χ4v) is 4.87. The summed E-state index contributed by atoms with van der Waals surface area (Å²) in [5, 5.41) is 7.22. The highest BCUT2D eigenvalue weighted by molar-refractivity contribution is 14.1. The van der Waals surface area contributed by atoms with E-state index in [9.17, 15) is 4.79 Å². The summed E-state index contributed by atoms with van der Waals surface area (Å²) in [6.45, 7) is 0. The molecule has 0 bridgehead atoms. The molecule has 0 aliphatic heterocycles. The van der Waals surface area contributed by atoms with Crippen molar-refractivity contribution in [1.29, 1.82) is 0 Å². The number of aromatic nitrogens is 1. The van der Waals surface area contributed by atoms with Crippen LogP contribution in [0.5, 0.6) is 5.75 Å². The zero-order valence-electron chi connectivity index (χ0n) is 16.1. The molecule has 9 heteroatoms. The zero-order chi connectivity index (χ0) is 22.0. The zero-order valence-corrected chi connectivity index (χ0v) is 20.7. The summed E-state index contributed by atoms with van der Waals surface area (Å²) in [5.41, 5.74) is 3.00. The SMILES string of the molecule is COc1ccc(C(=O)NC(=S)Nc2ccc(I)cc2-c2nc3ccccc3s2)cc1Cl. The summed E-state index contributed by atoms with van der Waals surface area (Å²) < 4.78 is 7.29. The van der Waals surface area contributed by atoms with Crippen molar-refractivity contribution in [1.82, 2.24) is 10.3 Å². The van der Waals surface area contributed by atoms with Crippen LogP contribution < -0.4 is 15.4 Å². The third-order valence-electron chi connectivity index (χ3n) is 4.40. The Morgan fingerprint density at radius 1 is 1.16 bits per heavy atom. The number of methoxy groups -OCH3 is 1. The number of nitrogens with zero attached hydrogens (tertiary/aromatic N) is 1. The van der Waals surface area contributed by atoms with Crippen LogP contribution in [-0.2, 0) is 0 Å². The third kappa shape index (κ3) is 4.98. The van der Waals surface area contributed by atoms with Crippen LogP contribution in [0.25, 0.3) is 20.8 Å². The first-order valence-corrected chi connectivity index (χ1v) is 11.7. The minimum absolute atomic E-state index is 0.181. The van der Waals surface area contributed by atoms with Crippen molar-refractivity contribution in [3.05, 3.63) is 74.8 Å². The highest BCUT2D eigenvalue weighted by Gasteiger charge is 2.15. The van der Waals surface area contributed by atoms with Crippen LogP contribution in [0.4, 0.5) is 5.69 Å². The van der Waals surface area contributed by atoms with E-state index in [0.29, 0.717) is 16.3 Å². The molecule has 0 fully saturated rings. The third-order valence-corrected chi connectivity index (χ3v) is 6.64. The molecule has 2 N–H and O–H groups in total. The van der Waals surface area contributed by atoms with Gasteiger partial charge in [0.15, 0.2) is 5.11 Å². The van der Waals surface area contributed by atoms with E-state index in [2.05, 4.69) is 33.2 Å². The Kier molecular flexibility index (Phi) is 6.71. The molecule has 1 aromatic heterocycles. The summed E-state index contributed by atoms with van der Waals surface area (Å²) in [6, 6.07) is 18.7. The lowest BCUT2D eigenvalue weighted by Crippen LogP contribution is -2.34. The molecule has 5 nitrogen and oxygen atoms in total. The number of hydrogen-bond acceptors (Lipinski definition) is 5. The van der Waals surface area contributed by atoms with E-state index in [1.807, 2.05) is 42.5 Å². The van der Waals surface area contributed by atoms with Gasteiger partial charge >= 0.3 is 0 Å². The van der Waals surface area contributed by atoms with Crippen LogP contribution in [-0.4, -0.2) is 23.1 Å². The first-order valence-electron chi connectivity index (χ1n) is 9.06. The fourth-order valence-electron chi connectivity index (χ4n) is 2.93. The van der Waals surface area contributed by atoms with E-state index in [-0.39, 0.29) is 11.0 Å². The van der Waals surface area contributed by atoms with Gasteiger partial charge in [-0.15, -0.1) is 11.3 Å². The summed E-state index contributed by atoms with van der Waals surface area (Å²) in [5.74, 6) is 0.132. The van der Waals surface area contributed by atoms with Gasteiger partial charge in [0, 0.05) is 14.7 Å². The number of carbonyl (C=O) groups is 1. The lowest BCUT2D eigenvalue weighted by atomic mass is 10.2. The molecule has 4 aromatic rings. The minimum Gasteiger partial charge on any atom is -0.495 e. The van der Waals surface area contributed by atoms with Gasteiger partial charge in [-0.1, -0.05) is 23.7 Å². The van der Waals surface area contributed by atoms with E-state index in [0.717, 1.165) is 30.0 Å². The molecule has 1 amide bonds. The van der Waals surface area contributed by atoms with Crippen molar-refractivity contribution < 1.29 is 9.53 Å². The molecule has 31 heavy (non-hydrogen) atoms. The number of anilines is 1. The largest absolute Gasteiger partial charge is 0.495 e. The number of carbonyl (C=O) groups excluding carboxylic acids is 1. The average Bonchev–Trinajstić information content (AvgIpc) is 3.19. The van der Waals surface area contributed by atoms with Gasteiger partial charge in [-0.2, -0.15) is 0 Å². The fraction of sp³-hybridized carbons (Fsp3) is 0.0455. The van der Waals surface area contributed by atoms with Crippen molar-refractivity contribution in [3.8, 4) is 16.3 Å². The molecule has 0 unspecified atom stereocenters. The Hall–Kier alpha value is -2.27. The standard InChI is InChI=1S/C22H15ClIN3O2S2/c1-29-18-9-6-12(10-15(18)23)20(28)27-22(30)26-16-8-7-13(24)11-14(16)21-25-17-4-2-3-5-19(17)31-21/h2-11H,1H3,(H2,26,27,28,30). The van der Waals surface area contributed by atoms with E-state index < -0.39 is 0 Å². The van der Waals surface area contributed by atoms with Gasteiger partial charge < -0.3 is 10.1 Å². The number of rotatable bonds is 4. The van der Waals surface area contributed by atoms with Crippen LogP contribution in [0.2, 0.25) is 5.02 Å². The number of thiocarbonyl (C=S) groups is 1. The highest BCUT2D eigenvalue weighted by atomic mass is 127. The molecule has 156 valence electrons. The first kappa shape index (κ1) is 21.9. The number of hydrogen-bond donors (Lipinski definition) is 2. The number of benzene rings is 3. The van der Waals surface area contributed by atoms with Crippen LogP contribution in [0.3, 0.4) is 0 Å². The normalized spacial score (nSPS) is 10.7. The van der Waals surface area contributed by atoms with Crippen LogP contribution in [0.1, 0.15) is 10.4 Å². The lowest BCUT2D eigenvalue weighted by Gasteiger charge is -2.13. The van der Waals surface area contributed by atoms with Gasteiger partial charge in [-0.25, -0.2) is 4.98 Å². The first-order chi connectivity index (χ1) is 14.9. The second kappa shape index (κ2) is 9.47. The Balaban J connectivity index is 1.56. The molecule has 0 aliphatic rings. The number of halogens is 2. The van der Waals surface area contributed by atoms with Crippen molar-refractivity contribution in [3.63, 3.8) is 0 Å². The lowest BCUT2D eigenvalue weighted by molar-refractivity contribution is 0.0977. The molecule has 0 atom stereocenters. The van der Waals surface area contributed by atoms with Gasteiger partial charge in [0.05, 0.1) is 28.0 Å². The Bertz CT molecular complexity index is 1280. The van der Waals surface area contributed by atoms with E-state index in [1.54, 1.807) is 23.5 Å². The van der Waals surface area contributed by atoms with E-state index in [4.69, 9.17) is 33.5 Å². The quantitative estimate of drug-likeness (QED) is 0.218. The molecule has 0 saturated carbocycles. The maximum Gasteiger partial charge on any atom is 0.257 e.